The summed E-state index contributed by atoms with van der Waals surface area (Å²) in [5.74, 6) is 0.518. The highest BCUT2D eigenvalue weighted by atomic mass is 35.5. The van der Waals surface area contributed by atoms with Crippen molar-refractivity contribution in [3.63, 3.8) is 0 Å². The second kappa shape index (κ2) is 7.70. The van der Waals surface area contributed by atoms with E-state index in [4.69, 9.17) is 26.3 Å². The van der Waals surface area contributed by atoms with Gasteiger partial charge < -0.3 is 19.7 Å². The Labute approximate surface area is 168 Å². The van der Waals surface area contributed by atoms with E-state index >= 15 is 0 Å². The van der Waals surface area contributed by atoms with Gasteiger partial charge >= 0.3 is 6.03 Å². The number of nitrogens with zero attached hydrogens (tertiary/aromatic N) is 2. The zero-order valence-electron chi connectivity index (χ0n) is 15.3. The van der Waals surface area contributed by atoms with Crippen LogP contribution in [0.4, 0.5) is 10.5 Å². The van der Waals surface area contributed by atoms with E-state index in [2.05, 4.69) is 11.4 Å². The molecule has 28 heavy (non-hydrogen) atoms. The standard InChI is InChI=1S/C21H20ClN3O3/c22-18-10-17(24-20(26)25-13-21(14-25)7-2-8-28-21)5-6-19(18)27-12-16-4-1-3-15(9-16)11-23/h1,3-6,9-10H,2,7-8,12-14H2,(H,24,26). The van der Waals surface area contributed by atoms with Gasteiger partial charge in [0.15, 0.2) is 0 Å². The summed E-state index contributed by atoms with van der Waals surface area (Å²) in [6.07, 6.45) is 2.08. The quantitative estimate of drug-likeness (QED) is 0.839. The maximum Gasteiger partial charge on any atom is 0.322 e. The van der Waals surface area contributed by atoms with Crippen LogP contribution in [0.1, 0.15) is 24.0 Å². The molecule has 0 aliphatic carbocycles. The molecule has 0 unspecified atom stereocenters. The molecule has 0 atom stereocenters. The van der Waals surface area contributed by atoms with Crippen molar-refractivity contribution in [3.8, 4) is 11.8 Å². The number of nitriles is 1. The summed E-state index contributed by atoms with van der Waals surface area (Å²) in [5, 5.41) is 12.2. The van der Waals surface area contributed by atoms with Crippen molar-refractivity contribution >= 4 is 23.3 Å². The molecule has 0 saturated carbocycles. The molecule has 2 aliphatic rings. The summed E-state index contributed by atoms with van der Waals surface area (Å²) in [6.45, 7) is 2.36. The molecular weight excluding hydrogens is 378 g/mol. The molecule has 4 rings (SSSR count). The van der Waals surface area contributed by atoms with Crippen molar-refractivity contribution in [1.82, 2.24) is 4.90 Å². The van der Waals surface area contributed by atoms with Gasteiger partial charge in [-0.25, -0.2) is 4.79 Å². The molecule has 2 heterocycles. The van der Waals surface area contributed by atoms with Crippen LogP contribution in [0.5, 0.6) is 5.75 Å². The molecule has 7 heteroatoms. The molecule has 1 spiro atoms. The number of hydrogen-bond donors (Lipinski definition) is 1. The van der Waals surface area contributed by atoms with Crippen LogP contribution in [-0.4, -0.2) is 36.2 Å². The van der Waals surface area contributed by atoms with Crippen molar-refractivity contribution in [2.45, 2.75) is 25.0 Å². The molecule has 0 bridgehead atoms. The van der Waals surface area contributed by atoms with Crippen molar-refractivity contribution in [1.29, 1.82) is 5.26 Å². The zero-order valence-corrected chi connectivity index (χ0v) is 16.0. The van der Waals surface area contributed by atoms with Crippen LogP contribution < -0.4 is 10.1 Å². The van der Waals surface area contributed by atoms with Crippen molar-refractivity contribution in [2.24, 2.45) is 0 Å². The Kier molecular flexibility index (Phi) is 5.12. The Morgan fingerprint density at radius 2 is 2.18 bits per heavy atom. The monoisotopic (exact) mass is 397 g/mol. The maximum atomic E-state index is 12.4. The van der Waals surface area contributed by atoms with Gasteiger partial charge in [-0.15, -0.1) is 0 Å². The number of nitrogens with one attached hydrogen (secondary N) is 1. The first-order valence-corrected chi connectivity index (χ1v) is 9.56. The summed E-state index contributed by atoms with van der Waals surface area (Å²) in [4.78, 5) is 14.1. The van der Waals surface area contributed by atoms with Crippen LogP contribution in [0.2, 0.25) is 5.02 Å². The Hall–Kier alpha value is -2.75. The fraction of sp³-hybridized carbons (Fsp3) is 0.333. The predicted octanol–water partition coefficient (Wildman–Crippen LogP) is 4.19. The van der Waals surface area contributed by atoms with Gasteiger partial charge in [0.2, 0.25) is 0 Å². The summed E-state index contributed by atoms with van der Waals surface area (Å²) in [5.41, 5.74) is 1.96. The van der Waals surface area contributed by atoms with Crippen LogP contribution in [0.15, 0.2) is 42.5 Å². The fourth-order valence-corrected chi connectivity index (χ4v) is 3.82. The zero-order chi connectivity index (χ0) is 19.6. The first kappa shape index (κ1) is 18.6. The lowest BCUT2D eigenvalue weighted by atomic mass is 9.91. The molecule has 2 amide bonds. The topological polar surface area (TPSA) is 74.6 Å². The molecule has 2 fully saturated rings. The third-order valence-corrected chi connectivity index (χ3v) is 5.36. The normalized spacial score (nSPS) is 17.1. The maximum absolute atomic E-state index is 12.4. The number of carbonyl (C=O) groups is 1. The molecule has 144 valence electrons. The summed E-state index contributed by atoms with van der Waals surface area (Å²) in [6, 6.07) is 14.3. The smallest absolute Gasteiger partial charge is 0.322 e. The number of anilines is 1. The minimum atomic E-state index is -0.154. The lowest BCUT2D eigenvalue weighted by Gasteiger charge is -2.46. The highest BCUT2D eigenvalue weighted by molar-refractivity contribution is 6.32. The largest absolute Gasteiger partial charge is 0.487 e. The van der Waals surface area contributed by atoms with Crippen LogP contribution in [0.25, 0.3) is 0 Å². The van der Waals surface area contributed by atoms with E-state index in [1.807, 2.05) is 12.1 Å². The van der Waals surface area contributed by atoms with E-state index in [0.29, 0.717) is 41.7 Å². The van der Waals surface area contributed by atoms with Crippen molar-refractivity contribution < 1.29 is 14.3 Å². The van der Waals surface area contributed by atoms with Gasteiger partial charge in [0.25, 0.3) is 0 Å². The van der Waals surface area contributed by atoms with E-state index in [9.17, 15) is 4.79 Å². The van der Waals surface area contributed by atoms with Gasteiger partial charge in [0.1, 0.15) is 18.0 Å². The lowest BCUT2D eigenvalue weighted by molar-refractivity contribution is -0.0893. The molecule has 2 aromatic carbocycles. The number of amides is 2. The Morgan fingerprint density at radius 1 is 1.32 bits per heavy atom. The van der Waals surface area contributed by atoms with Crippen LogP contribution in [-0.2, 0) is 11.3 Å². The predicted molar refractivity (Wildman–Crippen MR) is 105 cm³/mol. The number of rotatable bonds is 4. The van der Waals surface area contributed by atoms with Gasteiger partial charge in [-0.2, -0.15) is 5.26 Å². The van der Waals surface area contributed by atoms with Gasteiger partial charge in [-0.3, -0.25) is 0 Å². The summed E-state index contributed by atoms with van der Waals surface area (Å²) >= 11 is 6.30. The minimum absolute atomic E-state index is 0.116. The summed E-state index contributed by atoms with van der Waals surface area (Å²) in [7, 11) is 0. The molecule has 2 saturated heterocycles. The van der Waals surface area contributed by atoms with Gasteiger partial charge in [-0.1, -0.05) is 23.7 Å². The number of carbonyl (C=O) groups excluding carboxylic acids is 1. The van der Waals surface area contributed by atoms with Gasteiger partial charge in [-0.05, 0) is 48.7 Å². The average molecular weight is 398 g/mol. The summed E-state index contributed by atoms with van der Waals surface area (Å²) < 4.78 is 11.5. The van der Waals surface area contributed by atoms with E-state index in [-0.39, 0.29) is 11.6 Å². The molecule has 2 aliphatic heterocycles. The highest BCUT2D eigenvalue weighted by Gasteiger charge is 2.48. The third kappa shape index (κ3) is 3.91. The number of urea groups is 1. The first-order chi connectivity index (χ1) is 13.6. The van der Waals surface area contributed by atoms with Crippen molar-refractivity contribution in [2.75, 3.05) is 25.0 Å². The SMILES string of the molecule is N#Cc1cccc(COc2ccc(NC(=O)N3CC4(CCCO4)C3)cc2Cl)c1. The van der Waals surface area contributed by atoms with E-state index in [1.165, 1.54) is 0 Å². The van der Waals surface area contributed by atoms with E-state index in [1.54, 1.807) is 35.2 Å². The van der Waals surface area contributed by atoms with Crippen LogP contribution in [0.3, 0.4) is 0 Å². The molecule has 1 N–H and O–H groups in total. The Bertz CT molecular complexity index is 927. The molecule has 6 nitrogen and oxygen atoms in total. The molecule has 2 aromatic rings. The fourth-order valence-electron chi connectivity index (χ4n) is 3.59. The Balaban J connectivity index is 1.32. The average Bonchev–Trinajstić information content (AvgIpc) is 3.16. The molecular formula is C21H20ClN3O3. The van der Waals surface area contributed by atoms with Crippen LogP contribution >= 0.6 is 11.6 Å². The second-order valence-electron chi connectivity index (χ2n) is 7.17. The van der Waals surface area contributed by atoms with E-state index in [0.717, 1.165) is 25.0 Å². The third-order valence-electron chi connectivity index (χ3n) is 5.06. The number of halogens is 1. The van der Waals surface area contributed by atoms with Crippen molar-refractivity contribution in [3.05, 3.63) is 58.6 Å². The van der Waals surface area contributed by atoms with Gasteiger partial charge in [0, 0.05) is 12.3 Å². The number of likely N-dealkylation sites (tertiary alicyclic amines) is 1. The number of benzene rings is 2. The molecule has 0 radical (unpaired) electrons. The minimum Gasteiger partial charge on any atom is -0.487 e. The second-order valence-corrected chi connectivity index (χ2v) is 7.57. The number of ether oxygens (including phenoxy) is 2. The highest BCUT2D eigenvalue weighted by Crippen LogP contribution is 2.35. The molecule has 0 aromatic heterocycles. The first-order valence-electron chi connectivity index (χ1n) is 9.18. The van der Waals surface area contributed by atoms with Gasteiger partial charge in [0.05, 0.1) is 29.7 Å². The lowest BCUT2D eigenvalue weighted by Crippen LogP contribution is -2.63. The van der Waals surface area contributed by atoms with E-state index < -0.39 is 0 Å². The Morgan fingerprint density at radius 3 is 2.89 bits per heavy atom. The van der Waals surface area contributed by atoms with Crippen LogP contribution in [0, 0.1) is 11.3 Å². The number of hydrogen-bond acceptors (Lipinski definition) is 4.